The van der Waals surface area contributed by atoms with Crippen LogP contribution < -0.4 is 4.74 Å². The standard InChI is InChI=1S/C7H7ClN4OS/c1-12-4-5(3-9-12)13-7-11-10-6(2-8)14-7/h3-4H,2H2,1H3. The Morgan fingerprint density at radius 1 is 1.57 bits per heavy atom. The molecule has 0 spiro atoms. The minimum Gasteiger partial charge on any atom is -0.426 e. The predicted molar refractivity (Wildman–Crippen MR) is 52.7 cm³/mol. The van der Waals surface area contributed by atoms with Crippen molar-refractivity contribution in [2.24, 2.45) is 7.05 Å². The largest absolute Gasteiger partial charge is 0.426 e. The zero-order valence-electron chi connectivity index (χ0n) is 7.35. The Morgan fingerprint density at radius 2 is 2.43 bits per heavy atom. The Balaban J connectivity index is 2.10. The fourth-order valence-electron chi connectivity index (χ4n) is 0.886. The van der Waals surface area contributed by atoms with Gasteiger partial charge in [-0.1, -0.05) is 16.4 Å². The second-order valence-corrected chi connectivity index (χ2v) is 3.84. The number of nitrogens with zero attached hydrogens (tertiary/aromatic N) is 4. The highest BCUT2D eigenvalue weighted by Gasteiger charge is 2.06. The Hall–Kier alpha value is -1.14. The van der Waals surface area contributed by atoms with Crippen molar-refractivity contribution in [1.29, 1.82) is 0 Å². The van der Waals surface area contributed by atoms with Crippen LogP contribution in [0.5, 0.6) is 10.9 Å². The maximum atomic E-state index is 5.58. The summed E-state index contributed by atoms with van der Waals surface area (Å²) in [5.74, 6) is 0.999. The van der Waals surface area contributed by atoms with Gasteiger partial charge in [0.15, 0.2) is 5.75 Å². The van der Waals surface area contributed by atoms with Gasteiger partial charge < -0.3 is 4.74 Å². The second kappa shape index (κ2) is 3.93. The van der Waals surface area contributed by atoms with Crippen molar-refractivity contribution in [2.75, 3.05) is 0 Å². The molecular weight excluding hydrogens is 224 g/mol. The van der Waals surface area contributed by atoms with E-state index in [1.807, 2.05) is 7.05 Å². The zero-order valence-corrected chi connectivity index (χ0v) is 8.92. The molecule has 2 rings (SSSR count). The van der Waals surface area contributed by atoms with E-state index in [1.54, 1.807) is 17.1 Å². The van der Waals surface area contributed by atoms with Crippen molar-refractivity contribution in [3.8, 4) is 10.9 Å². The highest BCUT2D eigenvalue weighted by atomic mass is 35.5. The molecule has 2 heterocycles. The maximum absolute atomic E-state index is 5.58. The van der Waals surface area contributed by atoms with Crippen LogP contribution >= 0.6 is 22.9 Å². The van der Waals surface area contributed by atoms with Crippen LogP contribution in [0.1, 0.15) is 5.01 Å². The van der Waals surface area contributed by atoms with Gasteiger partial charge in [-0.15, -0.1) is 16.7 Å². The molecule has 74 valence electrons. The summed E-state index contributed by atoms with van der Waals surface area (Å²) in [6, 6.07) is 0. The first-order valence-electron chi connectivity index (χ1n) is 3.83. The first kappa shape index (κ1) is 9.42. The van der Waals surface area contributed by atoms with E-state index in [9.17, 15) is 0 Å². The first-order valence-corrected chi connectivity index (χ1v) is 5.18. The summed E-state index contributed by atoms with van der Waals surface area (Å²) in [6.07, 6.45) is 3.36. The van der Waals surface area contributed by atoms with Crippen LogP contribution in [0.3, 0.4) is 0 Å². The Bertz CT molecular complexity index is 427. The van der Waals surface area contributed by atoms with Gasteiger partial charge in [-0.3, -0.25) is 4.68 Å². The highest BCUT2D eigenvalue weighted by Crippen LogP contribution is 2.24. The van der Waals surface area contributed by atoms with Gasteiger partial charge in [-0.05, 0) is 0 Å². The number of aryl methyl sites for hydroxylation is 1. The van der Waals surface area contributed by atoms with Crippen LogP contribution in [0.2, 0.25) is 0 Å². The maximum Gasteiger partial charge on any atom is 0.299 e. The topological polar surface area (TPSA) is 52.8 Å². The summed E-state index contributed by atoms with van der Waals surface area (Å²) < 4.78 is 7.04. The molecule has 0 amide bonds. The lowest BCUT2D eigenvalue weighted by Gasteiger charge is -1.93. The highest BCUT2D eigenvalue weighted by molar-refractivity contribution is 7.13. The minimum absolute atomic E-state index is 0.355. The van der Waals surface area contributed by atoms with Gasteiger partial charge in [0.1, 0.15) is 5.01 Å². The lowest BCUT2D eigenvalue weighted by molar-refractivity contribution is 0.472. The van der Waals surface area contributed by atoms with Gasteiger partial charge in [0.25, 0.3) is 5.19 Å². The SMILES string of the molecule is Cn1cc(Oc2nnc(CCl)s2)cn1. The molecule has 0 radical (unpaired) electrons. The molecule has 0 N–H and O–H groups in total. The number of halogens is 1. The first-order chi connectivity index (χ1) is 6.78. The lowest BCUT2D eigenvalue weighted by Crippen LogP contribution is -1.84. The number of alkyl halides is 1. The molecule has 0 aromatic carbocycles. The van der Waals surface area contributed by atoms with Gasteiger partial charge >= 0.3 is 0 Å². The zero-order chi connectivity index (χ0) is 9.97. The molecule has 7 heteroatoms. The summed E-state index contributed by atoms with van der Waals surface area (Å²) in [5.41, 5.74) is 0. The van der Waals surface area contributed by atoms with E-state index in [2.05, 4.69) is 15.3 Å². The summed E-state index contributed by atoms with van der Waals surface area (Å²) in [5, 5.41) is 12.8. The molecule has 5 nitrogen and oxygen atoms in total. The van der Waals surface area contributed by atoms with E-state index in [0.29, 0.717) is 16.8 Å². The number of hydrogen-bond donors (Lipinski definition) is 0. The monoisotopic (exact) mass is 230 g/mol. The quantitative estimate of drug-likeness (QED) is 0.755. The molecule has 14 heavy (non-hydrogen) atoms. The summed E-state index contributed by atoms with van der Waals surface area (Å²) in [7, 11) is 1.82. The molecule has 0 aliphatic rings. The van der Waals surface area contributed by atoms with Crippen molar-refractivity contribution < 1.29 is 4.74 Å². The van der Waals surface area contributed by atoms with Crippen LogP contribution in [-0.2, 0) is 12.9 Å². The molecule has 0 saturated carbocycles. The molecule has 0 fully saturated rings. The van der Waals surface area contributed by atoms with E-state index >= 15 is 0 Å². The number of hydrogen-bond acceptors (Lipinski definition) is 5. The smallest absolute Gasteiger partial charge is 0.299 e. The summed E-state index contributed by atoms with van der Waals surface area (Å²) >= 11 is 6.91. The van der Waals surface area contributed by atoms with Gasteiger partial charge in [0, 0.05) is 7.05 Å². The third kappa shape index (κ3) is 2.02. The van der Waals surface area contributed by atoms with Gasteiger partial charge in [-0.25, -0.2) is 0 Å². The predicted octanol–water partition coefficient (Wildman–Crippen LogP) is 1.80. The third-order valence-electron chi connectivity index (χ3n) is 1.45. The molecule has 0 unspecified atom stereocenters. The summed E-state index contributed by atoms with van der Waals surface area (Å²) in [6.45, 7) is 0. The van der Waals surface area contributed by atoms with Crippen molar-refractivity contribution in [3.63, 3.8) is 0 Å². The van der Waals surface area contributed by atoms with E-state index in [-0.39, 0.29) is 0 Å². The van der Waals surface area contributed by atoms with Crippen LogP contribution in [-0.4, -0.2) is 20.0 Å². The Morgan fingerprint density at radius 3 is 3.00 bits per heavy atom. The van der Waals surface area contributed by atoms with E-state index in [1.165, 1.54) is 11.3 Å². The minimum atomic E-state index is 0.355. The second-order valence-electron chi connectivity index (χ2n) is 2.55. The Labute approximate surface area is 89.3 Å². The van der Waals surface area contributed by atoms with Gasteiger partial charge in [-0.2, -0.15) is 5.10 Å². The average molecular weight is 231 g/mol. The van der Waals surface area contributed by atoms with Crippen molar-refractivity contribution >= 4 is 22.9 Å². The fourth-order valence-corrected chi connectivity index (χ4v) is 1.66. The van der Waals surface area contributed by atoms with Gasteiger partial charge in [0.2, 0.25) is 0 Å². The molecular formula is C7H7ClN4OS. The van der Waals surface area contributed by atoms with E-state index in [0.717, 1.165) is 5.01 Å². The number of rotatable bonds is 3. The van der Waals surface area contributed by atoms with Crippen LogP contribution in [0.15, 0.2) is 12.4 Å². The van der Waals surface area contributed by atoms with Crippen molar-refractivity contribution in [3.05, 3.63) is 17.4 Å². The fraction of sp³-hybridized carbons (Fsp3) is 0.286. The molecule has 0 aliphatic carbocycles. The molecule has 0 saturated heterocycles. The van der Waals surface area contributed by atoms with Crippen molar-refractivity contribution in [2.45, 2.75) is 5.88 Å². The molecule has 0 atom stereocenters. The third-order valence-corrected chi connectivity index (χ3v) is 2.66. The number of aromatic nitrogens is 4. The molecule has 2 aromatic rings. The normalized spacial score (nSPS) is 10.4. The number of ether oxygens (including phenoxy) is 1. The lowest BCUT2D eigenvalue weighted by atomic mass is 10.7. The van der Waals surface area contributed by atoms with E-state index < -0.39 is 0 Å². The molecule has 2 aromatic heterocycles. The van der Waals surface area contributed by atoms with Crippen molar-refractivity contribution in [1.82, 2.24) is 20.0 Å². The molecule has 0 aliphatic heterocycles. The Kier molecular flexibility index (Phi) is 2.64. The summed E-state index contributed by atoms with van der Waals surface area (Å²) in [4.78, 5) is 0. The van der Waals surface area contributed by atoms with Crippen LogP contribution in [0.25, 0.3) is 0 Å². The van der Waals surface area contributed by atoms with Crippen LogP contribution in [0.4, 0.5) is 0 Å². The average Bonchev–Trinajstić information content (AvgIpc) is 2.76. The van der Waals surface area contributed by atoms with Crippen LogP contribution in [0, 0.1) is 0 Å². The molecule has 0 bridgehead atoms. The van der Waals surface area contributed by atoms with E-state index in [4.69, 9.17) is 16.3 Å². The van der Waals surface area contributed by atoms with Gasteiger partial charge in [0.05, 0.1) is 18.3 Å².